The van der Waals surface area contributed by atoms with Gasteiger partial charge < -0.3 is 19.4 Å². The molecule has 1 aromatic heterocycles. The summed E-state index contributed by atoms with van der Waals surface area (Å²) in [4.78, 5) is 34.2. The monoisotopic (exact) mass is 485 g/mol. The predicted octanol–water partition coefficient (Wildman–Crippen LogP) is 2.69. The number of hydrogen-bond donors (Lipinski definition) is 1. The van der Waals surface area contributed by atoms with Gasteiger partial charge >= 0.3 is 0 Å². The Morgan fingerprint density at radius 1 is 1.12 bits per heavy atom. The Labute approximate surface area is 197 Å². The third-order valence-corrected chi connectivity index (χ3v) is 7.31. The van der Waals surface area contributed by atoms with Gasteiger partial charge in [0.1, 0.15) is 19.0 Å². The van der Waals surface area contributed by atoms with Gasteiger partial charge in [-0.3, -0.25) is 9.59 Å². The second kappa shape index (κ2) is 10.3. The van der Waals surface area contributed by atoms with Crippen LogP contribution < -0.4 is 15.0 Å². The molecule has 4 rings (SSSR count). The molecule has 0 saturated heterocycles. The molecule has 1 aliphatic heterocycles. The molecule has 0 saturated carbocycles. The number of rotatable bonds is 9. The van der Waals surface area contributed by atoms with Gasteiger partial charge in [0.15, 0.2) is 21.3 Å². The number of aromatic nitrogens is 2. The lowest BCUT2D eigenvalue weighted by Crippen LogP contribution is -2.34. The maximum atomic E-state index is 13.0. The number of fused-ring (bicyclic) bond motifs is 2. The smallest absolute Gasteiger partial charge is 0.258 e. The number of amides is 1. The van der Waals surface area contributed by atoms with E-state index in [9.17, 15) is 18.0 Å². The Bertz CT molecular complexity index is 1350. The largest absolute Gasteiger partial charge is 0.486 e. The van der Waals surface area contributed by atoms with Crippen LogP contribution in [0.1, 0.15) is 32.0 Å². The molecular formula is C24H27N3O6S. The zero-order valence-corrected chi connectivity index (χ0v) is 19.8. The van der Waals surface area contributed by atoms with Crippen molar-refractivity contribution in [2.24, 2.45) is 0 Å². The third kappa shape index (κ3) is 5.39. The molecule has 3 aromatic rings. The summed E-state index contributed by atoms with van der Waals surface area (Å²) in [6, 6.07) is 11.5. The summed E-state index contributed by atoms with van der Waals surface area (Å²) in [6.45, 7) is 3.31. The molecule has 0 radical (unpaired) electrons. The number of sulfone groups is 1. The Morgan fingerprint density at radius 3 is 2.68 bits per heavy atom. The van der Waals surface area contributed by atoms with E-state index in [2.05, 4.69) is 9.97 Å². The minimum absolute atomic E-state index is 0.0881. The molecule has 0 unspecified atom stereocenters. The fourth-order valence-corrected chi connectivity index (χ4v) is 4.99. The normalized spacial score (nSPS) is 13.1. The van der Waals surface area contributed by atoms with Crippen molar-refractivity contribution in [3.8, 4) is 11.5 Å². The summed E-state index contributed by atoms with van der Waals surface area (Å²) in [7, 11) is -3.71. The van der Waals surface area contributed by atoms with Crippen LogP contribution in [0, 0.1) is 0 Å². The Morgan fingerprint density at radius 2 is 1.88 bits per heavy atom. The minimum atomic E-state index is -3.71. The molecule has 180 valence electrons. The van der Waals surface area contributed by atoms with Crippen LogP contribution in [0.5, 0.6) is 11.5 Å². The van der Waals surface area contributed by atoms with E-state index >= 15 is 0 Å². The zero-order chi connectivity index (χ0) is 24.1. The van der Waals surface area contributed by atoms with Gasteiger partial charge in [0, 0.05) is 19.0 Å². The van der Waals surface area contributed by atoms with Crippen molar-refractivity contribution in [3.05, 3.63) is 58.6 Å². The summed E-state index contributed by atoms with van der Waals surface area (Å²) in [6.07, 6.45) is 1.43. The number of nitrogens with one attached hydrogen (secondary N) is 1. The van der Waals surface area contributed by atoms with E-state index in [1.165, 1.54) is 12.1 Å². The molecule has 1 amide bonds. The molecular weight excluding hydrogens is 458 g/mol. The molecule has 1 aliphatic rings. The number of hydrogen-bond acceptors (Lipinski definition) is 7. The summed E-state index contributed by atoms with van der Waals surface area (Å²) in [5, 5.41) is 0.475. The highest BCUT2D eigenvalue weighted by Crippen LogP contribution is 2.32. The van der Waals surface area contributed by atoms with Crippen LogP contribution in [0.25, 0.3) is 10.9 Å². The van der Waals surface area contributed by atoms with Crippen molar-refractivity contribution in [1.82, 2.24) is 14.9 Å². The highest BCUT2D eigenvalue weighted by atomic mass is 32.2. The van der Waals surface area contributed by atoms with Crippen LogP contribution in [0.3, 0.4) is 0 Å². The molecule has 1 N–H and O–H groups in total. The Balaban J connectivity index is 1.48. The van der Waals surface area contributed by atoms with E-state index in [0.29, 0.717) is 48.0 Å². The van der Waals surface area contributed by atoms with E-state index in [1.54, 1.807) is 35.2 Å². The van der Waals surface area contributed by atoms with Crippen LogP contribution in [0.2, 0.25) is 0 Å². The van der Waals surface area contributed by atoms with Crippen molar-refractivity contribution in [1.29, 1.82) is 0 Å². The lowest BCUT2D eigenvalue weighted by atomic mass is 10.2. The quantitative estimate of drug-likeness (QED) is 0.495. The van der Waals surface area contributed by atoms with Crippen LogP contribution in [0.15, 0.2) is 52.2 Å². The van der Waals surface area contributed by atoms with Crippen LogP contribution in [-0.2, 0) is 21.2 Å². The van der Waals surface area contributed by atoms with Gasteiger partial charge in [-0.15, -0.1) is 0 Å². The molecule has 2 heterocycles. The molecule has 10 heteroatoms. The predicted molar refractivity (Wildman–Crippen MR) is 127 cm³/mol. The number of benzene rings is 2. The van der Waals surface area contributed by atoms with Crippen molar-refractivity contribution in [2.45, 2.75) is 37.6 Å². The second-order valence-electron chi connectivity index (χ2n) is 8.07. The maximum Gasteiger partial charge on any atom is 0.258 e. The molecule has 0 spiro atoms. The number of unbranched alkanes of at least 4 members (excludes halogenated alkanes) is 1. The van der Waals surface area contributed by atoms with Gasteiger partial charge in [-0.25, -0.2) is 13.4 Å². The average Bonchev–Trinajstić information content (AvgIpc) is 2.85. The highest BCUT2D eigenvalue weighted by molar-refractivity contribution is 7.91. The molecule has 0 atom stereocenters. The standard InChI is InChI=1S/C24H27N3O6S/c1-2-3-11-27(16-22-25-19-7-5-4-6-18(19)24(29)26-22)23(28)10-14-34(30,31)17-8-9-20-21(15-17)33-13-12-32-20/h4-9,15H,2-3,10-14,16H2,1H3,(H,25,26,29). The molecule has 2 aromatic carbocycles. The summed E-state index contributed by atoms with van der Waals surface area (Å²) >= 11 is 0. The summed E-state index contributed by atoms with van der Waals surface area (Å²) in [5.41, 5.74) is 0.273. The minimum Gasteiger partial charge on any atom is -0.486 e. The first-order valence-electron chi connectivity index (χ1n) is 11.3. The number of aromatic amines is 1. The second-order valence-corrected chi connectivity index (χ2v) is 10.2. The number of ether oxygens (including phenoxy) is 2. The van der Waals surface area contributed by atoms with Crippen molar-refractivity contribution in [3.63, 3.8) is 0 Å². The fourth-order valence-electron chi connectivity index (χ4n) is 3.75. The first-order chi connectivity index (χ1) is 16.4. The number of para-hydroxylation sites is 1. The van der Waals surface area contributed by atoms with Gasteiger partial charge in [-0.1, -0.05) is 25.5 Å². The van der Waals surface area contributed by atoms with Crippen LogP contribution in [-0.4, -0.2) is 54.7 Å². The molecule has 34 heavy (non-hydrogen) atoms. The summed E-state index contributed by atoms with van der Waals surface area (Å²) < 4.78 is 36.7. The number of H-pyrrole nitrogens is 1. The number of nitrogens with zero attached hydrogens (tertiary/aromatic N) is 2. The molecule has 0 aliphatic carbocycles. The van der Waals surface area contributed by atoms with Gasteiger partial charge in [-0.2, -0.15) is 0 Å². The van der Waals surface area contributed by atoms with E-state index in [-0.39, 0.29) is 35.1 Å². The third-order valence-electron chi connectivity index (χ3n) is 5.59. The topological polar surface area (TPSA) is 119 Å². The van der Waals surface area contributed by atoms with Crippen molar-refractivity contribution >= 4 is 26.6 Å². The van der Waals surface area contributed by atoms with E-state index in [0.717, 1.165) is 12.8 Å². The number of carbonyl (C=O) groups excluding carboxylic acids is 1. The van der Waals surface area contributed by atoms with E-state index < -0.39 is 9.84 Å². The number of carbonyl (C=O) groups is 1. The highest BCUT2D eigenvalue weighted by Gasteiger charge is 2.23. The van der Waals surface area contributed by atoms with E-state index in [4.69, 9.17) is 9.47 Å². The molecule has 0 fully saturated rings. The van der Waals surface area contributed by atoms with Gasteiger partial charge in [0.2, 0.25) is 5.91 Å². The van der Waals surface area contributed by atoms with Gasteiger partial charge in [-0.05, 0) is 30.7 Å². The fraction of sp³-hybridized carbons (Fsp3) is 0.375. The first-order valence-corrected chi connectivity index (χ1v) is 12.9. The molecule has 9 nitrogen and oxygen atoms in total. The SMILES string of the molecule is CCCCN(Cc1nc2ccccc2c(=O)[nH]1)C(=O)CCS(=O)(=O)c1ccc2c(c1)OCCO2. The lowest BCUT2D eigenvalue weighted by molar-refractivity contribution is -0.131. The Kier molecular flexibility index (Phi) is 7.16. The Hall–Kier alpha value is -3.40. The maximum absolute atomic E-state index is 13.0. The van der Waals surface area contributed by atoms with Crippen molar-refractivity contribution in [2.75, 3.05) is 25.5 Å². The van der Waals surface area contributed by atoms with Crippen LogP contribution >= 0.6 is 0 Å². The van der Waals surface area contributed by atoms with Crippen molar-refractivity contribution < 1.29 is 22.7 Å². The summed E-state index contributed by atoms with van der Waals surface area (Å²) in [5.74, 6) is 0.599. The first kappa shape index (κ1) is 23.7. The van der Waals surface area contributed by atoms with Crippen LogP contribution in [0.4, 0.5) is 0 Å². The average molecular weight is 486 g/mol. The molecule has 0 bridgehead atoms. The lowest BCUT2D eigenvalue weighted by Gasteiger charge is -2.22. The van der Waals surface area contributed by atoms with Gasteiger partial charge in [0.25, 0.3) is 5.56 Å². The zero-order valence-electron chi connectivity index (χ0n) is 19.0. The van der Waals surface area contributed by atoms with E-state index in [1.807, 2.05) is 6.92 Å². The van der Waals surface area contributed by atoms with Gasteiger partial charge in [0.05, 0.1) is 28.1 Å².